The van der Waals surface area contributed by atoms with Crippen LogP contribution in [0.1, 0.15) is 18.2 Å². The maximum absolute atomic E-state index is 11.8. The van der Waals surface area contributed by atoms with Crippen molar-refractivity contribution in [2.24, 2.45) is 7.05 Å². The summed E-state index contributed by atoms with van der Waals surface area (Å²) in [5.41, 5.74) is 0.824. The van der Waals surface area contributed by atoms with Crippen LogP contribution < -0.4 is 14.8 Å². The molecule has 0 bridgehead atoms. The van der Waals surface area contributed by atoms with Crippen molar-refractivity contribution < 1.29 is 19.4 Å². The Morgan fingerprint density at radius 3 is 2.65 bits per heavy atom. The number of nitrogens with one attached hydrogen (secondary N) is 1. The first-order valence-electron chi connectivity index (χ1n) is 7.43. The molecule has 2 N–H and O–H groups in total. The fraction of sp³-hybridized carbons (Fsp3) is 0.353. The highest BCUT2D eigenvalue weighted by Crippen LogP contribution is 2.25. The van der Waals surface area contributed by atoms with E-state index < -0.39 is 6.10 Å². The predicted octanol–water partition coefficient (Wildman–Crippen LogP) is 1.65. The number of aliphatic hydroxyl groups excluding tert-OH is 1. The molecule has 6 heteroatoms. The second-order valence-electron chi connectivity index (χ2n) is 5.14. The molecule has 2 aromatic rings. The Morgan fingerprint density at radius 2 is 2.00 bits per heavy atom. The Balaban J connectivity index is 1.72. The van der Waals surface area contributed by atoms with Crippen molar-refractivity contribution in [2.75, 3.05) is 20.3 Å². The highest BCUT2D eigenvalue weighted by Gasteiger charge is 2.11. The molecule has 0 radical (unpaired) electrons. The van der Waals surface area contributed by atoms with Gasteiger partial charge in [0.1, 0.15) is 0 Å². The number of rotatable bonds is 8. The Labute approximate surface area is 135 Å². The molecule has 1 aromatic carbocycles. The average Bonchev–Trinajstić information content (AvgIpc) is 2.99. The number of hydrogen-bond donors (Lipinski definition) is 2. The number of methoxy groups -OCH3 is 1. The van der Waals surface area contributed by atoms with E-state index >= 15 is 0 Å². The number of nitrogens with zero attached hydrogens (tertiary/aromatic N) is 1. The summed E-state index contributed by atoms with van der Waals surface area (Å²) in [6.07, 6.45) is 1.71. The Bertz CT molecular complexity index is 639. The third-order valence-electron chi connectivity index (χ3n) is 3.49. The third-order valence-corrected chi connectivity index (χ3v) is 3.49. The predicted molar refractivity (Wildman–Crippen MR) is 86.5 cm³/mol. The number of carbonyl (C=O) groups excluding carboxylic acids is 1. The van der Waals surface area contributed by atoms with Gasteiger partial charge in [0.25, 0.3) is 5.91 Å². The molecule has 0 saturated heterocycles. The summed E-state index contributed by atoms with van der Waals surface area (Å²) in [6, 6.07) is 10.9. The molecule has 0 aliphatic carbocycles. The zero-order valence-electron chi connectivity index (χ0n) is 13.4. The summed E-state index contributed by atoms with van der Waals surface area (Å²) in [4.78, 5) is 11.8. The van der Waals surface area contributed by atoms with Gasteiger partial charge in [0, 0.05) is 25.5 Å². The van der Waals surface area contributed by atoms with Crippen LogP contribution in [0.3, 0.4) is 0 Å². The van der Waals surface area contributed by atoms with Gasteiger partial charge >= 0.3 is 0 Å². The number of carbonyl (C=O) groups is 1. The van der Waals surface area contributed by atoms with Gasteiger partial charge in [-0.05, 0) is 30.7 Å². The van der Waals surface area contributed by atoms with Crippen molar-refractivity contribution in [1.82, 2.24) is 9.88 Å². The summed E-state index contributed by atoms with van der Waals surface area (Å²) in [7, 11) is 3.42. The fourth-order valence-electron chi connectivity index (χ4n) is 2.25. The average molecular weight is 318 g/mol. The van der Waals surface area contributed by atoms with E-state index in [0.717, 1.165) is 5.69 Å². The lowest BCUT2D eigenvalue weighted by molar-refractivity contribution is -0.123. The molecule has 0 aliphatic rings. The van der Waals surface area contributed by atoms with Crippen molar-refractivity contribution >= 4 is 5.91 Å². The van der Waals surface area contributed by atoms with Crippen molar-refractivity contribution in [2.45, 2.75) is 12.5 Å². The van der Waals surface area contributed by atoms with Crippen LogP contribution in [-0.4, -0.2) is 35.8 Å². The highest BCUT2D eigenvalue weighted by molar-refractivity contribution is 5.77. The summed E-state index contributed by atoms with van der Waals surface area (Å²) in [6.45, 7) is 0.279. The monoisotopic (exact) mass is 318 g/mol. The number of hydrogen-bond acceptors (Lipinski definition) is 4. The Hall–Kier alpha value is -2.47. The van der Waals surface area contributed by atoms with E-state index in [1.54, 1.807) is 19.2 Å². The number of aliphatic hydroxyl groups is 1. The molecular formula is C17H22N2O4. The number of amides is 1. The van der Waals surface area contributed by atoms with Gasteiger partial charge in [-0.25, -0.2) is 0 Å². The molecule has 1 heterocycles. The van der Waals surface area contributed by atoms with Crippen LogP contribution in [0, 0.1) is 0 Å². The largest absolute Gasteiger partial charge is 0.493 e. The first kappa shape index (κ1) is 16.9. The molecule has 1 unspecified atom stereocenters. The molecule has 0 aliphatic heterocycles. The lowest BCUT2D eigenvalue weighted by Crippen LogP contribution is -2.30. The highest BCUT2D eigenvalue weighted by atomic mass is 16.5. The minimum atomic E-state index is -0.606. The van der Waals surface area contributed by atoms with Crippen molar-refractivity contribution in [3.63, 3.8) is 0 Å². The summed E-state index contributed by atoms with van der Waals surface area (Å²) in [5.74, 6) is 0.864. The first-order valence-corrected chi connectivity index (χ1v) is 7.43. The fourth-order valence-corrected chi connectivity index (χ4v) is 2.25. The van der Waals surface area contributed by atoms with E-state index in [2.05, 4.69) is 5.32 Å². The van der Waals surface area contributed by atoms with Gasteiger partial charge in [0.15, 0.2) is 18.1 Å². The van der Waals surface area contributed by atoms with Crippen LogP contribution in [0.15, 0.2) is 42.6 Å². The van der Waals surface area contributed by atoms with Gasteiger partial charge < -0.3 is 24.5 Å². The third kappa shape index (κ3) is 4.75. The summed E-state index contributed by atoms with van der Waals surface area (Å²) in [5, 5.41) is 12.8. The van der Waals surface area contributed by atoms with E-state index in [-0.39, 0.29) is 12.5 Å². The number of benzene rings is 1. The lowest BCUT2D eigenvalue weighted by atomic mass is 10.2. The maximum atomic E-state index is 11.8. The van der Waals surface area contributed by atoms with Gasteiger partial charge in [-0.2, -0.15) is 0 Å². The zero-order chi connectivity index (χ0) is 16.7. The van der Waals surface area contributed by atoms with E-state index in [1.807, 2.05) is 42.1 Å². The lowest BCUT2D eigenvalue weighted by Gasteiger charge is -2.13. The zero-order valence-corrected chi connectivity index (χ0v) is 13.4. The van der Waals surface area contributed by atoms with Crippen LogP contribution in [0.4, 0.5) is 0 Å². The molecular weight excluding hydrogens is 296 g/mol. The van der Waals surface area contributed by atoms with Gasteiger partial charge in [-0.3, -0.25) is 4.79 Å². The molecule has 23 heavy (non-hydrogen) atoms. The van der Waals surface area contributed by atoms with Crippen LogP contribution in [0.2, 0.25) is 0 Å². The first-order chi connectivity index (χ1) is 11.1. The number of aryl methyl sites for hydroxylation is 1. The minimum Gasteiger partial charge on any atom is -0.493 e. The molecule has 1 aromatic heterocycles. The Morgan fingerprint density at radius 1 is 1.26 bits per heavy atom. The van der Waals surface area contributed by atoms with Gasteiger partial charge in [-0.1, -0.05) is 12.1 Å². The quantitative estimate of drug-likeness (QED) is 0.776. The van der Waals surface area contributed by atoms with E-state index in [9.17, 15) is 9.90 Å². The number of aromatic nitrogens is 1. The van der Waals surface area contributed by atoms with Crippen molar-refractivity contribution in [1.29, 1.82) is 0 Å². The smallest absolute Gasteiger partial charge is 0.257 e. The molecule has 0 spiro atoms. The minimum absolute atomic E-state index is 0.0966. The van der Waals surface area contributed by atoms with Crippen LogP contribution >= 0.6 is 0 Å². The molecule has 6 nitrogen and oxygen atoms in total. The molecule has 124 valence electrons. The summed E-state index contributed by atoms with van der Waals surface area (Å²) < 4.78 is 12.4. The molecule has 1 atom stereocenters. The van der Waals surface area contributed by atoms with E-state index in [4.69, 9.17) is 9.47 Å². The normalized spacial score (nSPS) is 11.8. The van der Waals surface area contributed by atoms with Crippen molar-refractivity contribution in [3.8, 4) is 11.5 Å². The second kappa shape index (κ2) is 8.24. The molecule has 1 amide bonds. The summed E-state index contributed by atoms with van der Waals surface area (Å²) >= 11 is 0. The van der Waals surface area contributed by atoms with E-state index in [1.165, 1.54) is 0 Å². The van der Waals surface area contributed by atoms with Gasteiger partial charge in [-0.15, -0.1) is 0 Å². The Kier molecular flexibility index (Phi) is 6.05. The molecule has 0 fully saturated rings. The second-order valence-corrected chi connectivity index (χ2v) is 5.14. The number of ether oxygens (including phenoxy) is 2. The van der Waals surface area contributed by atoms with Crippen LogP contribution in [0.25, 0.3) is 0 Å². The SMILES string of the molecule is COc1ccccc1OCC(=O)NCCC(O)c1cccn1C. The van der Waals surface area contributed by atoms with Gasteiger partial charge in [0.2, 0.25) is 0 Å². The molecule has 2 rings (SSSR count). The van der Waals surface area contributed by atoms with Crippen LogP contribution in [0.5, 0.6) is 11.5 Å². The standard InChI is InChI=1S/C17H22N2O4/c1-19-11-5-6-13(19)14(20)9-10-18-17(21)12-23-16-8-4-3-7-15(16)22-2/h3-8,11,14,20H,9-10,12H2,1-2H3,(H,18,21). The van der Waals surface area contributed by atoms with Gasteiger partial charge in [0.05, 0.1) is 13.2 Å². The van der Waals surface area contributed by atoms with E-state index in [0.29, 0.717) is 24.5 Å². The topological polar surface area (TPSA) is 72.7 Å². The number of para-hydroxylation sites is 2. The molecule has 0 saturated carbocycles. The maximum Gasteiger partial charge on any atom is 0.257 e. The van der Waals surface area contributed by atoms with Crippen LogP contribution in [-0.2, 0) is 11.8 Å². The van der Waals surface area contributed by atoms with Crippen molar-refractivity contribution in [3.05, 3.63) is 48.3 Å².